The molecule has 0 saturated heterocycles. The van der Waals surface area contributed by atoms with Crippen LogP contribution in [0, 0.1) is 0 Å². The number of aryl methyl sites for hydroxylation is 1. The third-order valence-corrected chi connectivity index (χ3v) is 5.24. The number of carbonyl (C=O) groups is 2. The van der Waals surface area contributed by atoms with E-state index in [4.69, 9.17) is 5.73 Å². The van der Waals surface area contributed by atoms with Gasteiger partial charge in [-0.2, -0.15) is 0 Å². The molecule has 0 saturated carbocycles. The molecule has 0 aliphatic heterocycles. The van der Waals surface area contributed by atoms with Crippen LogP contribution in [-0.2, 0) is 7.05 Å². The number of hydrogen-bond acceptors (Lipinski definition) is 4. The highest BCUT2D eigenvalue weighted by atomic mass is 16.2. The van der Waals surface area contributed by atoms with Crippen molar-refractivity contribution in [2.45, 2.75) is 0 Å². The first-order valence-corrected chi connectivity index (χ1v) is 9.78. The smallest absolute Gasteiger partial charge is 0.253 e. The second kappa shape index (κ2) is 7.95. The van der Waals surface area contributed by atoms with Crippen LogP contribution in [0.4, 0.5) is 11.5 Å². The van der Waals surface area contributed by atoms with Crippen LogP contribution in [0.1, 0.15) is 20.7 Å². The molecule has 0 atom stereocenters. The number of pyridine rings is 1. The zero-order valence-electron chi connectivity index (χ0n) is 17.6. The SMILES string of the molecule is CN(C)C(=O)c1ccc(-c2cc3c(Nc4ccc(C(N)=O)cc4)nccc3n2C)cc1. The third-order valence-electron chi connectivity index (χ3n) is 5.24. The molecular weight excluding hydrogens is 390 g/mol. The Labute approximate surface area is 180 Å². The summed E-state index contributed by atoms with van der Waals surface area (Å²) in [5.41, 5.74) is 10.3. The van der Waals surface area contributed by atoms with Crippen molar-refractivity contribution in [3.8, 4) is 11.3 Å². The van der Waals surface area contributed by atoms with Gasteiger partial charge in [0.05, 0.1) is 5.52 Å². The molecule has 31 heavy (non-hydrogen) atoms. The highest BCUT2D eigenvalue weighted by Gasteiger charge is 2.14. The van der Waals surface area contributed by atoms with Crippen LogP contribution < -0.4 is 11.1 Å². The van der Waals surface area contributed by atoms with E-state index in [0.29, 0.717) is 16.9 Å². The minimum absolute atomic E-state index is 0.0263. The van der Waals surface area contributed by atoms with Crippen LogP contribution in [0.15, 0.2) is 66.9 Å². The summed E-state index contributed by atoms with van der Waals surface area (Å²) in [6, 6.07) is 18.6. The van der Waals surface area contributed by atoms with Crippen molar-refractivity contribution in [3.63, 3.8) is 0 Å². The fourth-order valence-corrected chi connectivity index (χ4v) is 3.53. The molecule has 7 nitrogen and oxygen atoms in total. The number of anilines is 2. The minimum Gasteiger partial charge on any atom is -0.366 e. The van der Waals surface area contributed by atoms with Gasteiger partial charge >= 0.3 is 0 Å². The van der Waals surface area contributed by atoms with E-state index in [1.807, 2.05) is 37.4 Å². The first-order chi connectivity index (χ1) is 14.8. The number of nitrogens with two attached hydrogens (primary N) is 1. The molecule has 2 heterocycles. The minimum atomic E-state index is -0.460. The Morgan fingerprint density at radius 2 is 1.61 bits per heavy atom. The van der Waals surface area contributed by atoms with Crippen molar-refractivity contribution in [3.05, 3.63) is 78.0 Å². The predicted molar refractivity (Wildman–Crippen MR) is 122 cm³/mol. The summed E-state index contributed by atoms with van der Waals surface area (Å²) in [5.74, 6) is 0.227. The Balaban J connectivity index is 1.69. The Hall–Kier alpha value is -4.13. The van der Waals surface area contributed by atoms with Crippen LogP contribution >= 0.6 is 0 Å². The number of aromatic nitrogens is 2. The highest BCUT2D eigenvalue weighted by Crippen LogP contribution is 2.32. The van der Waals surface area contributed by atoms with Gasteiger partial charge in [0, 0.05) is 55.2 Å². The molecule has 0 radical (unpaired) electrons. The second-order valence-electron chi connectivity index (χ2n) is 7.52. The van der Waals surface area contributed by atoms with E-state index < -0.39 is 5.91 Å². The molecule has 7 heteroatoms. The molecule has 0 aliphatic rings. The highest BCUT2D eigenvalue weighted by molar-refractivity contribution is 5.97. The molecule has 0 bridgehead atoms. The maximum atomic E-state index is 12.2. The number of carbonyl (C=O) groups excluding carboxylic acids is 2. The number of amides is 2. The molecule has 3 N–H and O–H groups in total. The summed E-state index contributed by atoms with van der Waals surface area (Å²) in [4.78, 5) is 29.5. The molecule has 4 rings (SSSR count). The Morgan fingerprint density at radius 1 is 0.968 bits per heavy atom. The van der Waals surface area contributed by atoms with Crippen molar-refractivity contribution in [1.29, 1.82) is 0 Å². The van der Waals surface area contributed by atoms with Crippen LogP contribution in [0.2, 0.25) is 0 Å². The quantitative estimate of drug-likeness (QED) is 0.521. The van der Waals surface area contributed by atoms with E-state index in [1.54, 1.807) is 49.5 Å². The largest absolute Gasteiger partial charge is 0.366 e. The molecule has 4 aromatic rings. The normalized spacial score (nSPS) is 10.8. The van der Waals surface area contributed by atoms with Gasteiger partial charge < -0.3 is 20.5 Å². The first kappa shape index (κ1) is 20.2. The fourth-order valence-electron chi connectivity index (χ4n) is 3.53. The van der Waals surface area contributed by atoms with E-state index in [2.05, 4.69) is 20.9 Å². The summed E-state index contributed by atoms with van der Waals surface area (Å²) >= 11 is 0. The van der Waals surface area contributed by atoms with Crippen LogP contribution in [0.25, 0.3) is 22.2 Å². The number of rotatable bonds is 5. The van der Waals surface area contributed by atoms with E-state index >= 15 is 0 Å². The summed E-state index contributed by atoms with van der Waals surface area (Å²) in [7, 11) is 5.48. The fraction of sp³-hybridized carbons (Fsp3) is 0.125. The zero-order chi connectivity index (χ0) is 22.1. The van der Waals surface area contributed by atoms with Gasteiger partial charge in [0.25, 0.3) is 5.91 Å². The van der Waals surface area contributed by atoms with Crippen LogP contribution in [-0.4, -0.2) is 40.4 Å². The number of fused-ring (bicyclic) bond motifs is 1. The lowest BCUT2D eigenvalue weighted by atomic mass is 10.1. The third kappa shape index (κ3) is 3.85. The second-order valence-corrected chi connectivity index (χ2v) is 7.52. The van der Waals surface area contributed by atoms with Gasteiger partial charge in [0.1, 0.15) is 5.82 Å². The lowest BCUT2D eigenvalue weighted by Crippen LogP contribution is -2.21. The number of benzene rings is 2. The average molecular weight is 413 g/mol. The van der Waals surface area contributed by atoms with E-state index in [1.165, 1.54) is 0 Å². The van der Waals surface area contributed by atoms with Crippen molar-refractivity contribution in [2.75, 3.05) is 19.4 Å². The average Bonchev–Trinajstić information content (AvgIpc) is 3.11. The molecule has 0 unspecified atom stereocenters. The molecule has 156 valence electrons. The molecule has 0 aliphatic carbocycles. The zero-order valence-corrected chi connectivity index (χ0v) is 17.6. The molecule has 2 aromatic heterocycles. The van der Waals surface area contributed by atoms with E-state index in [9.17, 15) is 9.59 Å². The topological polar surface area (TPSA) is 93.2 Å². The number of hydrogen-bond donors (Lipinski definition) is 2. The maximum Gasteiger partial charge on any atom is 0.253 e. The molecular formula is C24H23N5O2. The Kier molecular flexibility index (Phi) is 5.17. The van der Waals surface area contributed by atoms with E-state index in [-0.39, 0.29) is 5.91 Å². The number of nitrogens with one attached hydrogen (secondary N) is 1. The van der Waals surface area contributed by atoms with Gasteiger partial charge in [0.2, 0.25) is 5.91 Å². The molecule has 2 amide bonds. The number of primary amides is 1. The first-order valence-electron chi connectivity index (χ1n) is 9.78. The molecule has 0 spiro atoms. The maximum absolute atomic E-state index is 12.2. The Morgan fingerprint density at radius 3 is 2.23 bits per heavy atom. The predicted octanol–water partition coefficient (Wildman–Crippen LogP) is 3.78. The monoisotopic (exact) mass is 413 g/mol. The summed E-state index contributed by atoms with van der Waals surface area (Å²) in [5, 5.41) is 4.28. The lowest BCUT2D eigenvalue weighted by Gasteiger charge is -2.11. The summed E-state index contributed by atoms with van der Waals surface area (Å²) in [6.45, 7) is 0. The Bertz CT molecular complexity index is 1270. The summed E-state index contributed by atoms with van der Waals surface area (Å²) in [6.07, 6.45) is 1.76. The van der Waals surface area contributed by atoms with Crippen molar-refractivity contribution >= 4 is 34.2 Å². The van der Waals surface area contributed by atoms with Crippen molar-refractivity contribution < 1.29 is 9.59 Å². The van der Waals surface area contributed by atoms with Crippen LogP contribution in [0.5, 0.6) is 0 Å². The molecule has 2 aromatic carbocycles. The van der Waals surface area contributed by atoms with Crippen molar-refractivity contribution in [1.82, 2.24) is 14.5 Å². The van der Waals surface area contributed by atoms with Gasteiger partial charge in [0.15, 0.2) is 0 Å². The summed E-state index contributed by atoms with van der Waals surface area (Å²) < 4.78 is 2.10. The van der Waals surface area contributed by atoms with Gasteiger partial charge in [-0.15, -0.1) is 0 Å². The van der Waals surface area contributed by atoms with Crippen LogP contribution in [0.3, 0.4) is 0 Å². The number of nitrogens with zero attached hydrogens (tertiary/aromatic N) is 3. The van der Waals surface area contributed by atoms with Gasteiger partial charge in [-0.1, -0.05) is 12.1 Å². The lowest BCUT2D eigenvalue weighted by molar-refractivity contribution is 0.0827. The molecule has 0 fully saturated rings. The van der Waals surface area contributed by atoms with E-state index in [0.717, 1.165) is 27.8 Å². The van der Waals surface area contributed by atoms with Gasteiger partial charge in [-0.3, -0.25) is 9.59 Å². The van der Waals surface area contributed by atoms with Gasteiger partial charge in [-0.05, 0) is 54.1 Å². The van der Waals surface area contributed by atoms with Crippen molar-refractivity contribution in [2.24, 2.45) is 12.8 Å². The van der Waals surface area contributed by atoms with Gasteiger partial charge in [-0.25, -0.2) is 4.98 Å². The standard InChI is InChI=1S/C24H23N5O2/c1-28(2)24(31)17-6-4-15(5-7-17)21-14-19-20(29(21)3)12-13-26-23(19)27-18-10-8-16(9-11-18)22(25)30/h4-14H,1-3H3,(H2,25,30)(H,26,27).